The van der Waals surface area contributed by atoms with Crippen molar-refractivity contribution in [1.82, 2.24) is 9.36 Å². The molecule has 1 aromatic carbocycles. The van der Waals surface area contributed by atoms with Crippen molar-refractivity contribution in [2.75, 3.05) is 10.6 Å². The molecule has 1 aromatic heterocycles. The van der Waals surface area contributed by atoms with E-state index >= 15 is 0 Å². The lowest BCUT2D eigenvalue weighted by Gasteiger charge is -2.21. The SMILES string of the molecule is CC(C)(C)c1nsc(N(Cc2ccc(N)cc2)C2CC2)n1. The molecule has 3 rings (SSSR count). The van der Waals surface area contributed by atoms with E-state index in [2.05, 4.69) is 42.2 Å². The number of nitrogen functional groups attached to an aromatic ring is 1. The Bertz CT molecular complexity index is 608. The zero-order valence-corrected chi connectivity index (χ0v) is 13.7. The van der Waals surface area contributed by atoms with E-state index in [1.54, 1.807) is 0 Å². The van der Waals surface area contributed by atoms with Crippen LogP contribution < -0.4 is 10.6 Å². The average Bonchev–Trinajstić information content (AvgIpc) is 3.12. The molecule has 0 unspecified atom stereocenters. The lowest BCUT2D eigenvalue weighted by atomic mass is 9.96. The van der Waals surface area contributed by atoms with Crippen molar-refractivity contribution < 1.29 is 0 Å². The van der Waals surface area contributed by atoms with Gasteiger partial charge in [-0.25, -0.2) is 4.98 Å². The van der Waals surface area contributed by atoms with Crippen LogP contribution in [0.25, 0.3) is 0 Å². The van der Waals surface area contributed by atoms with Crippen LogP contribution in [0.1, 0.15) is 45.0 Å². The summed E-state index contributed by atoms with van der Waals surface area (Å²) in [4.78, 5) is 7.15. The van der Waals surface area contributed by atoms with Crippen LogP contribution in [0.15, 0.2) is 24.3 Å². The summed E-state index contributed by atoms with van der Waals surface area (Å²) in [6.45, 7) is 7.34. The van der Waals surface area contributed by atoms with Gasteiger partial charge in [0.2, 0.25) is 5.13 Å². The minimum Gasteiger partial charge on any atom is -0.399 e. The standard InChI is InChI=1S/C16H22N4S/c1-16(2,3)14-18-15(21-19-14)20(13-8-9-13)10-11-4-6-12(17)7-5-11/h4-7,13H,8-10,17H2,1-3H3. The van der Waals surface area contributed by atoms with Crippen LogP contribution in [0.2, 0.25) is 0 Å². The van der Waals surface area contributed by atoms with Crippen LogP contribution in [0.5, 0.6) is 0 Å². The predicted octanol–water partition coefficient (Wildman–Crippen LogP) is 3.59. The number of hydrogen-bond acceptors (Lipinski definition) is 5. The van der Waals surface area contributed by atoms with Crippen LogP contribution in [-0.4, -0.2) is 15.4 Å². The zero-order chi connectivity index (χ0) is 15.0. The van der Waals surface area contributed by atoms with Gasteiger partial charge in [-0.3, -0.25) is 0 Å². The van der Waals surface area contributed by atoms with Gasteiger partial charge < -0.3 is 10.6 Å². The van der Waals surface area contributed by atoms with Crippen LogP contribution in [0.3, 0.4) is 0 Å². The van der Waals surface area contributed by atoms with Crippen molar-refractivity contribution >= 4 is 22.4 Å². The Morgan fingerprint density at radius 1 is 1.24 bits per heavy atom. The molecular weight excluding hydrogens is 280 g/mol. The molecule has 0 radical (unpaired) electrons. The van der Waals surface area contributed by atoms with Crippen molar-refractivity contribution in [3.63, 3.8) is 0 Å². The summed E-state index contributed by atoms with van der Waals surface area (Å²) in [5, 5.41) is 1.04. The maximum absolute atomic E-state index is 5.76. The topological polar surface area (TPSA) is 55.0 Å². The first-order chi connectivity index (χ1) is 9.93. The van der Waals surface area contributed by atoms with Gasteiger partial charge in [0.25, 0.3) is 0 Å². The van der Waals surface area contributed by atoms with Gasteiger partial charge in [-0.1, -0.05) is 32.9 Å². The number of aromatic nitrogens is 2. The lowest BCUT2D eigenvalue weighted by Crippen LogP contribution is -2.25. The summed E-state index contributed by atoms with van der Waals surface area (Å²) >= 11 is 1.52. The average molecular weight is 302 g/mol. The zero-order valence-electron chi connectivity index (χ0n) is 12.8. The Hall–Kier alpha value is -1.62. The highest BCUT2D eigenvalue weighted by atomic mass is 32.1. The highest BCUT2D eigenvalue weighted by Crippen LogP contribution is 2.35. The van der Waals surface area contributed by atoms with Crippen LogP contribution in [0.4, 0.5) is 10.8 Å². The molecule has 0 saturated heterocycles. The lowest BCUT2D eigenvalue weighted by molar-refractivity contribution is 0.554. The van der Waals surface area contributed by atoms with Crippen molar-refractivity contribution in [2.24, 2.45) is 0 Å². The maximum Gasteiger partial charge on any atom is 0.205 e. The van der Waals surface area contributed by atoms with Crippen LogP contribution >= 0.6 is 11.5 Å². The van der Waals surface area contributed by atoms with Gasteiger partial charge in [0.1, 0.15) is 5.82 Å². The molecule has 0 amide bonds. The van der Waals surface area contributed by atoms with E-state index < -0.39 is 0 Å². The molecule has 2 aromatic rings. The minimum absolute atomic E-state index is 0.00513. The van der Waals surface area contributed by atoms with E-state index in [0.29, 0.717) is 6.04 Å². The Labute approximate surface area is 130 Å². The number of nitrogens with zero attached hydrogens (tertiary/aromatic N) is 3. The Morgan fingerprint density at radius 2 is 1.90 bits per heavy atom. The minimum atomic E-state index is 0.00513. The predicted molar refractivity (Wildman–Crippen MR) is 88.7 cm³/mol. The fraction of sp³-hybridized carbons (Fsp3) is 0.500. The molecule has 0 aliphatic heterocycles. The molecule has 112 valence electrons. The second-order valence-corrected chi connectivity index (χ2v) is 7.48. The van der Waals surface area contributed by atoms with E-state index in [-0.39, 0.29) is 5.41 Å². The normalized spacial score (nSPS) is 15.2. The third kappa shape index (κ3) is 3.35. The molecule has 0 spiro atoms. The molecule has 1 saturated carbocycles. The molecular formula is C16H22N4S. The van der Waals surface area contributed by atoms with Gasteiger partial charge in [0.05, 0.1) is 0 Å². The van der Waals surface area contributed by atoms with Gasteiger partial charge in [0.15, 0.2) is 0 Å². The van der Waals surface area contributed by atoms with Crippen LogP contribution in [0, 0.1) is 0 Å². The van der Waals surface area contributed by atoms with Gasteiger partial charge >= 0.3 is 0 Å². The summed E-state index contributed by atoms with van der Waals surface area (Å²) in [6, 6.07) is 8.72. The molecule has 1 aliphatic carbocycles. The molecule has 4 nitrogen and oxygen atoms in total. The van der Waals surface area contributed by atoms with Gasteiger partial charge in [-0.2, -0.15) is 4.37 Å². The second-order valence-electron chi connectivity index (χ2n) is 6.75. The Balaban J connectivity index is 1.81. The molecule has 5 heteroatoms. The number of rotatable bonds is 4. The molecule has 1 heterocycles. The first-order valence-electron chi connectivity index (χ1n) is 7.39. The highest BCUT2D eigenvalue weighted by molar-refractivity contribution is 7.09. The third-order valence-corrected chi connectivity index (χ3v) is 4.41. The van der Waals surface area contributed by atoms with E-state index in [1.165, 1.54) is 29.9 Å². The maximum atomic E-state index is 5.76. The van der Waals surface area contributed by atoms with Crippen molar-refractivity contribution in [3.05, 3.63) is 35.7 Å². The summed E-state index contributed by atoms with van der Waals surface area (Å²) in [6.07, 6.45) is 2.50. The molecule has 2 N–H and O–H groups in total. The largest absolute Gasteiger partial charge is 0.399 e. The Morgan fingerprint density at radius 3 is 2.43 bits per heavy atom. The van der Waals surface area contributed by atoms with Gasteiger partial charge in [0, 0.05) is 35.2 Å². The van der Waals surface area contributed by atoms with E-state index in [1.807, 2.05) is 12.1 Å². The van der Waals surface area contributed by atoms with Gasteiger partial charge in [-0.05, 0) is 30.5 Å². The number of anilines is 2. The van der Waals surface area contributed by atoms with Crippen molar-refractivity contribution in [1.29, 1.82) is 0 Å². The van der Waals surface area contributed by atoms with E-state index in [9.17, 15) is 0 Å². The summed E-state index contributed by atoms with van der Waals surface area (Å²) < 4.78 is 4.54. The van der Waals surface area contributed by atoms with E-state index in [4.69, 9.17) is 10.7 Å². The summed E-state index contributed by atoms with van der Waals surface area (Å²) in [5.74, 6) is 0.936. The molecule has 1 fully saturated rings. The quantitative estimate of drug-likeness (QED) is 0.877. The third-order valence-electron chi connectivity index (χ3n) is 3.65. The van der Waals surface area contributed by atoms with E-state index in [0.717, 1.165) is 23.2 Å². The van der Waals surface area contributed by atoms with Crippen LogP contribution in [-0.2, 0) is 12.0 Å². The smallest absolute Gasteiger partial charge is 0.205 e. The number of nitrogens with two attached hydrogens (primary N) is 1. The first kappa shape index (κ1) is 14.3. The number of benzene rings is 1. The second kappa shape index (κ2) is 5.30. The Kier molecular flexibility index (Phi) is 3.61. The number of hydrogen-bond donors (Lipinski definition) is 1. The molecule has 0 bridgehead atoms. The summed E-state index contributed by atoms with van der Waals surface area (Å²) in [5.41, 5.74) is 7.84. The molecule has 0 atom stereocenters. The summed E-state index contributed by atoms with van der Waals surface area (Å²) in [7, 11) is 0. The van der Waals surface area contributed by atoms with Crippen molar-refractivity contribution in [3.8, 4) is 0 Å². The first-order valence-corrected chi connectivity index (χ1v) is 8.16. The fourth-order valence-corrected chi connectivity index (χ4v) is 3.12. The molecule has 21 heavy (non-hydrogen) atoms. The fourth-order valence-electron chi connectivity index (χ4n) is 2.20. The highest BCUT2D eigenvalue weighted by Gasteiger charge is 2.32. The van der Waals surface area contributed by atoms with Gasteiger partial charge in [-0.15, -0.1) is 0 Å². The van der Waals surface area contributed by atoms with Crippen molar-refractivity contribution in [2.45, 2.75) is 51.6 Å². The molecule has 1 aliphatic rings. The monoisotopic (exact) mass is 302 g/mol.